The second-order valence-corrected chi connectivity index (χ2v) is 19.1. The number of rotatable bonds is 49. The average molecular weight is 1050 g/mol. The third-order valence-electron chi connectivity index (χ3n) is 10.8. The Labute approximate surface area is 448 Å². The summed E-state index contributed by atoms with van der Waals surface area (Å²) in [5.41, 5.74) is 0. The van der Waals surface area contributed by atoms with E-state index in [0.717, 1.165) is 103 Å². The van der Waals surface area contributed by atoms with E-state index in [1.165, 1.54) is 19.3 Å². The van der Waals surface area contributed by atoms with E-state index in [2.05, 4.69) is 130 Å². The number of carbonyl (C=O) groups excluding carboxylic acids is 3. The average Bonchev–Trinajstić information content (AvgIpc) is 3.39. The summed E-state index contributed by atoms with van der Waals surface area (Å²) in [7, 11) is -4.80. The quantitative estimate of drug-likeness (QED) is 0.0197. The molecule has 0 rings (SSSR count). The van der Waals surface area contributed by atoms with Crippen LogP contribution in [0.2, 0.25) is 0 Å². The molecule has 0 amide bonds. The number of phosphoric ester groups is 1. The zero-order valence-corrected chi connectivity index (χ0v) is 46.6. The van der Waals surface area contributed by atoms with Crippen LogP contribution in [0.3, 0.4) is 0 Å². The number of phosphoric acid groups is 1. The van der Waals surface area contributed by atoms with Gasteiger partial charge in [0.05, 0.1) is 26.2 Å². The highest BCUT2D eigenvalue weighted by atomic mass is 31.2. The van der Waals surface area contributed by atoms with Crippen molar-refractivity contribution in [2.75, 3.05) is 26.4 Å². The molecule has 0 saturated carbocycles. The highest BCUT2D eigenvalue weighted by molar-refractivity contribution is 7.47. The Balaban J connectivity index is 4.95. The maximum absolute atomic E-state index is 12.9. The lowest BCUT2D eigenvalue weighted by molar-refractivity contribution is -0.160. The van der Waals surface area contributed by atoms with Gasteiger partial charge in [0.15, 0.2) is 6.10 Å². The van der Waals surface area contributed by atoms with Gasteiger partial charge in [-0.25, -0.2) is 4.57 Å². The topological polar surface area (TPSA) is 155 Å². The van der Waals surface area contributed by atoms with E-state index in [1.807, 2.05) is 30.4 Å². The second kappa shape index (κ2) is 54.6. The van der Waals surface area contributed by atoms with Crippen LogP contribution >= 0.6 is 7.82 Å². The number of aliphatic hydroxyl groups is 1. The Morgan fingerprint density at radius 1 is 0.405 bits per heavy atom. The van der Waals surface area contributed by atoms with E-state index < -0.39 is 64.4 Å². The Morgan fingerprint density at radius 3 is 1.23 bits per heavy atom. The summed E-state index contributed by atoms with van der Waals surface area (Å²) in [5.74, 6) is -1.72. The molecule has 2 N–H and O–H groups in total. The van der Waals surface area contributed by atoms with Crippen molar-refractivity contribution in [2.24, 2.45) is 0 Å². The summed E-state index contributed by atoms with van der Waals surface area (Å²) in [6.45, 7) is 4.16. The number of unbranched alkanes of at least 4 members (excludes halogenated alkanes) is 9. The van der Waals surface area contributed by atoms with E-state index in [1.54, 1.807) is 6.08 Å². The molecule has 0 aliphatic heterocycles. The summed E-state index contributed by atoms with van der Waals surface area (Å²) >= 11 is 0. The van der Waals surface area contributed by atoms with Crippen molar-refractivity contribution >= 4 is 25.7 Å². The van der Waals surface area contributed by atoms with Crippen molar-refractivity contribution in [1.82, 2.24) is 0 Å². The molecule has 74 heavy (non-hydrogen) atoms. The van der Waals surface area contributed by atoms with Crippen molar-refractivity contribution in [3.8, 4) is 0 Å². The molecule has 11 nitrogen and oxygen atoms in total. The molecule has 0 saturated heterocycles. The second-order valence-electron chi connectivity index (χ2n) is 17.6. The van der Waals surface area contributed by atoms with E-state index in [-0.39, 0.29) is 19.3 Å². The summed E-state index contributed by atoms with van der Waals surface area (Å²) in [6.07, 6.45) is 69.9. The lowest BCUT2D eigenvalue weighted by atomic mass is 10.1. The lowest BCUT2D eigenvalue weighted by Gasteiger charge is -2.21. The molecule has 416 valence electrons. The Kier molecular flexibility index (Phi) is 51.2. The normalized spacial score (nSPS) is 14.5. The van der Waals surface area contributed by atoms with E-state index in [9.17, 15) is 28.9 Å². The first-order chi connectivity index (χ1) is 36.2. The number of aliphatic hydroxyl groups excluding tert-OH is 1. The Bertz CT molecular complexity index is 1800. The fraction of sp³-hybridized carbons (Fsp3) is 0.565. The fourth-order valence-corrected chi connectivity index (χ4v) is 7.40. The minimum absolute atomic E-state index is 0.0861. The van der Waals surface area contributed by atoms with Crippen molar-refractivity contribution in [3.63, 3.8) is 0 Å². The molecular formula is C62H97O11P. The first-order valence-corrected chi connectivity index (χ1v) is 29.2. The Hall–Kier alpha value is -4.64. The third-order valence-corrected chi connectivity index (χ3v) is 11.7. The number of carbonyl (C=O) groups is 3. The van der Waals surface area contributed by atoms with Crippen molar-refractivity contribution in [3.05, 3.63) is 146 Å². The number of allylic oxidation sites excluding steroid dienone is 23. The van der Waals surface area contributed by atoms with Gasteiger partial charge in [-0.2, -0.15) is 0 Å². The van der Waals surface area contributed by atoms with Crippen molar-refractivity contribution in [1.29, 1.82) is 0 Å². The van der Waals surface area contributed by atoms with Gasteiger partial charge in [0.25, 0.3) is 0 Å². The molecule has 3 unspecified atom stereocenters. The molecule has 0 fully saturated rings. The SMILES string of the molecule is CC/C=C\C/C=C\C/C=C\C/C=C\C/C=C\CCCC(=O)OCC(COP(=O)(O)OCC(CO)OC(=O)CCCCCCC/C=C\C/C=C\CCCCC)OC(=O)C/C=C\C/C=C\C/C=C\C/C=C\C/C=C\CC. The smallest absolute Gasteiger partial charge is 0.462 e. The minimum atomic E-state index is -4.80. The van der Waals surface area contributed by atoms with Gasteiger partial charge in [-0.1, -0.05) is 199 Å². The molecule has 0 radical (unpaired) electrons. The van der Waals surface area contributed by atoms with Gasteiger partial charge in [-0.3, -0.25) is 23.4 Å². The van der Waals surface area contributed by atoms with Gasteiger partial charge in [-0.15, -0.1) is 0 Å². The monoisotopic (exact) mass is 1050 g/mol. The lowest BCUT2D eigenvalue weighted by Crippen LogP contribution is -2.30. The fourth-order valence-electron chi connectivity index (χ4n) is 6.61. The predicted octanol–water partition coefficient (Wildman–Crippen LogP) is 16.4. The van der Waals surface area contributed by atoms with Gasteiger partial charge in [0.2, 0.25) is 0 Å². The van der Waals surface area contributed by atoms with E-state index in [4.69, 9.17) is 23.3 Å². The highest BCUT2D eigenvalue weighted by Gasteiger charge is 2.28. The summed E-state index contributed by atoms with van der Waals surface area (Å²) in [5, 5.41) is 9.80. The zero-order valence-electron chi connectivity index (χ0n) is 45.7. The van der Waals surface area contributed by atoms with E-state index >= 15 is 0 Å². The van der Waals surface area contributed by atoms with Crippen LogP contribution in [-0.4, -0.2) is 66.5 Å². The largest absolute Gasteiger partial charge is 0.472 e. The summed E-state index contributed by atoms with van der Waals surface area (Å²) in [4.78, 5) is 48.4. The molecule has 0 aromatic heterocycles. The maximum Gasteiger partial charge on any atom is 0.472 e. The highest BCUT2D eigenvalue weighted by Crippen LogP contribution is 2.43. The number of esters is 3. The van der Waals surface area contributed by atoms with Crippen LogP contribution in [0, 0.1) is 0 Å². The minimum Gasteiger partial charge on any atom is -0.462 e. The molecule has 0 aromatic carbocycles. The first kappa shape index (κ1) is 69.4. The molecule has 0 aliphatic rings. The summed E-state index contributed by atoms with van der Waals surface area (Å²) in [6, 6.07) is 0. The number of hydrogen-bond acceptors (Lipinski definition) is 10. The van der Waals surface area contributed by atoms with Crippen LogP contribution in [0.4, 0.5) is 0 Å². The molecule has 0 spiro atoms. The predicted molar refractivity (Wildman–Crippen MR) is 306 cm³/mol. The van der Waals surface area contributed by atoms with Gasteiger partial charge in [-0.05, 0) is 116 Å². The van der Waals surface area contributed by atoms with Crippen LogP contribution < -0.4 is 0 Å². The number of hydrogen-bond donors (Lipinski definition) is 2. The molecule has 0 bridgehead atoms. The standard InChI is InChI=1S/C62H97O11P/c1-4-7-10-13-16-19-22-25-28-29-32-33-36-39-42-45-48-51-60(64)69-55-59(73-62(66)53-50-47-44-41-38-35-31-27-24-21-18-15-12-9-6-3)57-71-74(67,68)70-56-58(54-63)72-61(65)52-49-46-43-40-37-34-30-26-23-20-17-14-11-8-5-2/h7,9-10,12,16-21,25-28,30-33,38-39,41-42,47,50,58-59,63H,4-6,8,11,13-15,22-24,29,34-37,40,43-46,48-49,51-57H2,1-3H3,(H,67,68)/b10-7-,12-9-,19-16-,20-17-,21-18-,28-25-,30-26-,31-27-,33-32-,41-38-,42-39-,50-47-. The molecule has 0 heterocycles. The van der Waals surface area contributed by atoms with Crippen LogP contribution in [-0.2, 0) is 42.2 Å². The van der Waals surface area contributed by atoms with Gasteiger partial charge in [0.1, 0.15) is 12.7 Å². The number of ether oxygens (including phenoxy) is 3. The zero-order chi connectivity index (χ0) is 54.1. The van der Waals surface area contributed by atoms with Gasteiger partial charge >= 0.3 is 25.7 Å². The van der Waals surface area contributed by atoms with Gasteiger partial charge in [0, 0.05) is 12.8 Å². The first-order valence-electron chi connectivity index (χ1n) is 27.7. The third kappa shape index (κ3) is 52.2. The molecule has 0 aromatic rings. The van der Waals surface area contributed by atoms with Crippen LogP contribution in [0.5, 0.6) is 0 Å². The van der Waals surface area contributed by atoms with Crippen LogP contribution in [0.1, 0.15) is 188 Å². The molecule has 0 aliphatic carbocycles. The summed E-state index contributed by atoms with van der Waals surface area (Å²) < 4.78 is 39.2. The molecule has 3 atom stereocenters. The van der Waals surface area contributed by atoms with Crippen LogP contribution in [0.15, 0.2) is 146 Å². The Morgan fingerprint density at radius 2 is 0.770 bits per heavy atom. The maximum atomic E-state index is 12.9. The molecule has 12 heteroatoms. The van der Waals surface area contributed by atoms with Crippen molar-refractivity contribution in [2.45, 2.75) is 200 Å². The molecular weight excluding hydrogens is 952 g/mol. The van der Waals surface area contributed by atoms with E-state index in [0.29, 0.717) is 25.7 Å². The van der Waals surface area contributed by atoms with Crippen LogP contribution in [0.25, 0.3) is 0 Å². The van der Waals surface area contributed by atoms with Gasteiger partial charge < -0.3 is 24.2 Å². The van der Waals surface area contributed by atoms with Crippen molar-refractivity contribution < 1.29 is 52.2 Å².